The topological polar surface area (TPSA) is 45.1 Å². The number of hydrogen-bond donors (Lipinski definition) is 1. The zero-order valence-electron chi connectivity index (χ0n) is 22.1. The molecular weight excluding hydrogens is 515 g/mol. The molecule has 8 heteroatoms. The third-order valence-corrected chi connectivity index (χ3v) is 8.29. The molecule has 0 atom stereocenters. The Morgan fingerprint density at radius 3 is 2.02 bits per heavy atom. The minimum Gasteiger partial charge on any atom is -0.360 e. The van der Waals surface area contributed by atoms with Crippen molar-refractivity contribution in [3.8, 4) is 11.1 Å². The van der Waals surface area contributed by atoms with E-state index in [0.29, 0.717) is 30.9 Å². The highest BCUT2D eigenvalue weighted by Crippen LogP contribution is 2.47. The number of alkyl halides is 3. The average molecular weight is 547 g/mol. The van der Waals surface area contributed by atoms with Crippen molar-refractivity contribution in [3.05, 3.63) is 95.1 Å². The number of amides is 2. The largest absolute Gasteiger partial charge is 0.416 e. The van der Waals surface area contributed by atoms with Gasteiger partial charge in [-0.15, -0.1) is 0 Å². The second kappa shape index (κ2) is 10.6. The van der Waals surface area contributed by atoms with Crippen molar-refractivity contribution < 1.29 is 27.7 Å². The van der Waals surface area contributed by atoms with Gasteiger partial charge >= 0.3 is 6.18 Å². The van der Waals surface area contributed by atoms with Crippen LogP contribution < -0.4 is 9.80 Å². The van der Waals surface area contributed by atoms with E-state index >= 15 is 0 Å². The number of anilines is 1. The number of carbonyl (C=O) groups excluding carboxylic acids is 2. The van der Waals surface area contributed by atoms with Crippen LogP contribution in [-0.4, -0.2) is 56.0 Å². The predicted octanol–water partition coefficient (Wildman–Crippen LogP) is 4.43. The van der Waals surface area contributed by atoms with Gasteiger partial charge in [0.25, 0.3) is 5.91 Å². The van der Waals surface area contributed by atoms with E-state index in [1.807, 2.05) is 41.3 Å². The Labute approximate surface area is 231 Å². The number of quaternary nitrogens is 1. The molecule has 2 heterocycles. The number of halogens is 3. The molecule has 40 heavy (non-hydrogen) atoms. The number of unbranched alkanes of at least 4 members (excludes halogenated alkanes) is 1. The monoisotopic (exact) mass is 546 g/mol. The molecule has 0 radical (unpaired) electrons. The minimum atomic E-state index is -4.34. The van der Waals surface area contributed by atoms with E-state index in [9.17, 15) is 22.8 Å². The standard InChI is InChI=1S/C32H30F3N3O2/c33-32(34,35)22-8-7-9-23(20-22)37-18-16-36(17-19-37)14-5-6-15-38-29(39)21-28(31(38)40)30-26-12-3-1-10-24(26)25-11-2-4-13-27(25)30/h1-4,7-13,20H,5-6,14-19,21H2/p+1. The third kappa shape index (κ3) is 4.92. The molecule has 0 saturated carbocycles. The van der Waals surface area contributed by atoms with Gasteiger partial charge in [-0.3, -0.25) is 14.5 Å². The maximum absolute atomic E-state index is 13.4. The van der Waals surface area contributed by atoms with Crippen LogP contribution in [0, 0.1) is 0 Å². The summed E-state index contributed by atoms with van der Waals surface area (Å²) in [5.74, 6) is -0.329. The highest BCUT2D eigenvalue weighted by atomic mass is 19.4. The number of carbonyl (C=O) groups is 2. The highest BCUT2D eigenvalue weighted by Gasteiger charge is 2.38. The Bertz CT molecular complexity index is 1440. The second-order valence-electron chi connectivity index (χ2n) is 10.7. The van der Waals surface area contributed by atoms with Crippen LogP contribution in [0.25, 0.3) is 16.7 Å². The number of hydrogen-bond acceptors (Lipinski definition) is 3. The smallest absolute Gasteiger partial charge is 0.360 e. The van der Waals surface area contributed by atoms with Gasteiger partial charge in [-0.25, -0.2) is 0 Å². The first-order valence-electron chi connectivity index (χ1n) is 13.8. The molecule has 0 spiro atoms. The summed E-state index contributed by atoms with van der Waals surface area (Å²) in [5.41, 5.74) is 5.66. The summed E-state index contributed by atoms with van der Waals surface area (Å²) in [6.45, 7) is 4.38. The number of benzene rings is 3. The predicted molar refractivity (Wildman–Crippen MR) is 148 cm³/mol. The van der Waals surface area contributed by atoms with Crippen molar-refractivity contribution in [2.24, 2.45) is 0 Å². The quantitative estimate of drug-likeness (QED) is 0.221. The van der Waals surface area contributed by atoms with Gasteiger partial charge in [-0.1, -0.05) is 54.6 Å². The van der Waals surface area contributed by atoms with Gasteiger partial charge in [0.1, 0.15) is 0 Å². The Morgan fingerprint density at radius 2 is 1.40 bits per heavy atom. The van der Waals surface area contributed by atoms with Crippen LogP contribution in [-0.2, 0) is 15.8 Å². The van der Waals surface area contributed by atoms with E-state index in [2.05, 4.69) is 12.1 Å². The van der Waals surface area contributed by atoms with Crippen LogP contribution in [0.3, 0.4) is 0 Å². The number of fused-ring (bicyclic) bond motifs is 3. The number of piperazine rings is 1. The van der Waals surface area contributed by atoms with Crippen LogP contribution in [0.2, 0.25) is 0 Å². The van der Waals surface area contributed by atoms with Gasteiger partial charge in [-0.05, 0) is 58.9 Å². The lowest BCUT2D eigenvalue weighted by atomic mass is 9.97. The molecule has 2 saturated heterocycles. The van der Waals surface area contributed by atoms with E-state index in [1.54, 1.807) is 6.07 Å². The van der Waals surface area contributed by atoms with Crippen LogP contribution in [0.4, 0.5) is 18.9 Å². The van der Waals surface area contributed by atoms with Crippen molar-refractivity contribution in [2.75, 3.05) is 44.2 Å². The number of rotatable bonds is 6. The fraction of sp³-hybridized carbons (Fsp3) is 0.312. The van der Waals surface area contributed by atoms with Crippen molar-refractivity contribution >= 4 is 23.1 Å². The molecule has 1 N–H and O–H groups in total. The Hall–Kier alpha value is -3.91. The first kappa shape index (κ1) is 26.3. The molecule has 5 nitrogen and oxygen atoms in total. The number of nitrogens with zero attached hydrogens (tertiary/aromatic N) is 2. The lowest BCUT2D eigenvalue weighted by molar-refractivity contribution is -0.900. The molecular formula is C32H31F3N3O2+. The molecule has 3 aromatic carbocycles. The van der Waals surface area contributed by atoms with Crippen LogP contribution in [0.5, 0.6) is 0 Å². The Morgan fingerprint density at radius 1 is 0.775 bits per heavy atom. The Kier molecular flexibility index (Phi) is 6.96. The second-order valence-corrected chi connectivity index (χ2v) is 10.7. The average Bonchev–Trinajstić information content (AvgIpc) is 3.44. The number of nitrogens with one attached hydrogen (secondary N) is 1. The summed E-state index contributed by atoms with van der Waals surface area (Å²) in [6, 6.07) is 21.6. The van der Waals surface area contributed by atoms with E-state index < -0.39 is 11.7 Å². The molecule has 0 unspecified atom stereocenters. The number of imide groups is 1. The summed E-state index contributed by atoms with van der Waals surface area (Å²) in [4.78, 5) is 31.2. The third-order valence-electron chi connectivity index (χ3n) is 8.29. The van der Waals surface area contributed by atoms with Crippen molar-refractivity contribution in [2.45, 2.75) is 25.4 Å². The maximum atomic E-state index is 13.4. The molecule has 2 amide bonds. The first-order valence-corrected chi connectivity index (χ1v) is 13.8. The molecule has 0 bridgehead atoms. The first-order chi connectivity index (χ1) is 19.3. The van der Waals surface area contributed by atoms with Crippen molar-refractivity contribution in [3.63, 3.8) is 0 Å². The minimum absolute atomic E-state index is 0.125. The lowest BCUT2D eigenvalue weighted by Gasteiger charge is -2.34. The summed E-state index contributed by atoms with van der Waals surface area (Å²) in [5, 5.41) is 0. The fourth-order valence-electron chi connectivity index (χ4n) is 6.22. The molecule has 0 aromatic heterocycles. The van der Waals surface area contributed by atoms with Gasteiger partial charge in [0.15, 0.2) is 0 Å². The van der Waals surface area contributed by atoms with Gasteiger partial charge in [0.05, 0.1) is 44.7 Å². The van der Waals surface area contributed by atoms with Crippen LogP contribution >= 0.6 is 0 Å². The Balaban J connectivity index is 1.04. The highest BCUT2D eigenvalue weighted by molar-refractivity contribution is 6.21. The summed E-state index contributed by atoms with van der Waals surface area (Å²) < 4.78 is 39.2. The number of likely N-dealkylation sites (tertiary alicyclic amines) is 1. The van der Waals surface area contributed by atoms with Crippen molar-refractivity contribution in [1.29, 1.82) is 0 Å². The molecule has 1 aliphatic carbocycles. The molecule has 206 valence electrons. The van der Waals surface area contributed by atoms with Crippen LogP contribution in [0.15, 0.2) is 78.4 Å². The molecule has 2 fully saturated rings. The van der Waals surface area contributed by atoms with Gasteiger partial charge in [0.2, 0.25) is 5.91 Å². The molecule has 3 aliphatic rings. The van der Waals surface area contributed by atoms with E-state index in [-0.39, 0.29) is 18.2 Å². The molecule has 3 aromatic rings. The molecule has 6 rings (SSSR count). The fourth-order valence-corrected chi connectivity index (χ4v) is 6.22. The van der Waals surface area contributed by atoms with Gasteiger partial charge < -0.3 is 9.80 Å². The maximum Gasteiger partial charge on any atom is 0.416 e. The summed E-state index contributed by atoms with van der Waals surface area (Å²) in [6.07, 6.45) is -2.62. The normalized spacial score (nSPS) is 17.6. The summed E-state index contributed by atoms with van der Waals surface area (Å²) in [7, 11) is 0. The van der Waals surface area contributed by atoms with Crippen LogP contribution in [0.1, 0.15) is 36.0 Å². The van der Waals surface area contributed by atoms with E-state index in [4.69, 9.17) is 0 Å². The lowest BCUT2D eigenvalue weighted by Crippen LogP contribution is -3.14. The van der Waals surface area contributed by atoms with E-state index in [0.717, 1.165) is 66.4 Å². The van der Waals surface area contributed by atoms with E-state index in [1.165, 1.54) is 21.9 Å². The zero-order valence-corrected chi connectivity index (χ0v) is 22.1. The molecule has 2 aliphatic heterocycles. The SMILES string of the molecule is O=C1CC(=C2c3ccccc3-c3ccccc32)C(=O)N1CCCC[NH+]1CCN(c2cccc(C(F)(F)F)c2)CC1. The van der Waals surface area contributed by atoms with Gasteiger partial charge in [0, 0.05) is 17.8 Å². The zero-order chi connectivity index (χ0) is 27.9. The van der Waals surface area contributed by atoms with Gasteiger partial charge in [-0.2, -0.15) is 13.2 Å². The summed E-state index contributed by atoms with van der Waals surface area (Å²) >= 11 is 0. The van der Waals surface area contributed by atoms with Crippen molar-refractivity contribution in [1.82, 2.24) is 4.90 Å².